The van der Waals surface area contributed by atoms with Crippen LogP contribution in [0.1, 0.15) is 51.3 Å². The number of nitrogens with zero attached hydrogens (tertiary/aromatic N) is 6. The van der Waals surface area contributed by atoms with Gasteiger partial charge in [0.15, 0.2) is 0 Å². The third kappa shape index (κ3) is 8.10. The third-order valence-electron chi connectivity index (χ3n) is 7.92. The van der Waals surface area contributed by atoms with Crippen molar-refractivity contribution in [3.63, 3.8) is 0 Å². The van der Waals surface area contributed by atoms with Crippen LogP contribution in [0.4, 0.5) is 11.5 Å². The van der Waals surface area contributed by atoms with Crippen molar-refractivity contribution in [2.24, 2.45) is 0 Å². The van der Waals surface area contributed by atoms with E-state index in [1.807, 2.05) is 18.2 Å². The van der Waals surface area contributed by atoms with Crippen LogP contribution in [0.3, 0.4) is 0 Å². The van der Waals surface area contributed by atoms with Crippen LogP contribution in [0.25, 0.3) is 10.8 Å². The number of aromatic hydroxyl groups is 1. The second kappa shape index (κ2) is 15.7. The number of carbonyl (C=O) groups is 1. The normalized spacial score (nSPS) is 15.6. The van der Waals surface area contributed by atoms with Crippen molar-refractivity contribution in [2.45, 2.75) is 53.0 Å². The Morgan fingerprint density at radius 2 is 1.74 bits per heavy atom. The largest absolute Gasteiger partial charge is 0.508 e. The van der Waals surface area contributed by atoms with E-state index >= 15 is 0 Å². The molecule has 0 aliphatic carbocycles. The van der Waals surface area contributed by atoms with Crippen molar-refractivity contribution in [1.29, 1.82) is 0 Å². The van der Waals surface area contributed by atoms with Crippen molar-refractivity contribution in [2.75, 3.05) is 75.8 Å². The van der Waals surface area contributed by atoms with Crippen molar-refractivity contribution < 1.29 is 14.6 Å². The highest BCUT2D eigenvalue weighted by Crippen LogP contribution is 2.36. The van der Waals surface area contributed by atoms with Crippen LogP contribution >= 0.6 is 0 Å². The zero-order chi connectivity index (χ0) is 29.9. The van der Waals surface area contributed by atoms with E-state index in [1.165, 1.54) is 12.5 Å². The molecule has 0 atom stereocenters. The van der Waals surface area contributed by atoms with Crippen LogP contribution in [-0.2, 0) is 17.8 Å². The quantitative estimate of drug-likeness (QED) is 0.257. The van der Waals surface area contributed by atoms with E-state index in [9.17, 15) is 5.11 Å². The lowest BCUT2D eigenvalue weighted by molar-refractivity contribution is -0.106. The van der Waals surface area contributed by atoms with E-state index < -0.39 is 0 Å². The Balaban J connectivity index is 0.00000129. The van der Waals surface area contributed by atoms with E-state index in [1.54, 1.807) is 0 Å². The molecule has 9 heteroatoms. The van der Waals surface area contributed by atoms with Crippen LogP contribution in [0, 0.1) is 0 Å². The molecule has 228 valence electrons. The first-order chi connectivity index (χ1) is 20.5. The molecular formula is C33H48N6O3. The Morgan fingerprint density at radius 1 is 1.02 bits per heavy atom. The summed E-state index contributed by atoms with van der Waals surface area (Å²) >= 11 is 0. The number of anilines is 2. The fourth-order valence-corrected chi connectivity index (χ4v) is 5.84. The van der Waals surface area contributed by atoms with Gasteiger partial charge in [0.2, 0.25) is 0 Å². The number of benzene rings is 2. The molecule has 2 aliphatic heterocycles. The molecule has 3 heterocycles. The van der Waals surface area contributed by atoms with Gasteiger partial charge in [-0.25, -0.2) is 0 Å². The predicted molar refractivity (Wildman–Crippen MR) is 171 cm³/mol. The summed E-state index contributed by atoms with van der Waals surface area (Å²) < 4.78 is 6.22. The summed E-state index contributed by atoms with van der Waals surface area (Å²) in [5.41, 5.74) is 3.32. The summed E-state index contributed by atoms with van der Waals surface area (Å²) in [6.45, 7) is 15.5. The minimum absolute atomic E-state index is 0.291. The molecule has 2 aliphatic rings. The maximum Gasteiger partial charge on any atom is 0.318 e. The molecule has 5 rings (SSSR count). The number of likely N-dealkylation sites (N-methyl/N-ethyl adjacent to an activating group) is 1. The van der Waals surface area contributed by atoms with Gasteiger partial charge in [-0.3, -0.25) is 0 Å². The zero-order valence-electron chi connectivity index (χ0n) is 25.9. The Morgan fingerprint density at radius 3 is 2.45 bits per heavy atom. The summed E-state index contributed by atoms with van der Waals surface area (Å²) in [4.78, 5) is 28.4. The first-order valence-corrected chi connectivity index (χ1v) is 15.5. The fraction of sp³-hybridized carbons (Fsp3) is 0.545. The van der Waals surface area contributed by atoms with Crippen LogP contribution < -0.4 is 14.5 Å². The Hall–Kier alpha value is -3.43. The standard InChI is InChI=1S/C31H44N6O2.C2H4O/c1-4-12-36(13-5-2)30-27-11-15-37(29-22-25(38)21-24-9-6-7-10-26(24)29)23-28(27)32-31(33-30)39-20-8-14-35-18-16-34(3)17-19-35;1-2-3/h6-7,9-10,21-22,38H,4-5,8,11-20,23H2,1-3H3;2H,1H3. The molecule has 2 aromatic carbocycles. The topological polar surface area (TPSA) is 85.3 Å². The monoisotopic (exact) mass is 576 g/mol. The smallest absolute Gasteiger partial charge is 0.318 e. The van der Waals surface area contributed by atoms with E-state index in [4.69, 9.17) is 19.5 Å². The highest BCUT2D eigenvalue weighted by atomic mass is 16.5. The van der Waals surface area contributed by atoms with Crippen LogP contribution in [0.15, 0.2) is 36.4 Å². The summed E-state index contributed by atoms with van der Waals surface area (Å²) in [5, 5.41) is 12.6. The first-order valence-electron chi connectivity index (χ1n) is 15.5. The van der Waals surface area contributed by atoms with Gasteiger partial charge in [-0.05, 0) is 51.1 Å². The Bertz CT molecular complexity index is 1290. The molecule has 0 spiro atoms. The van der Waals surface area contributed by atoms with Gasteiger partial charge in [-0.1, -0.05) is 38.1 Å². The first kappa shape index (κ1) is 31.5. The molecule has 0 saturated carbocycles. The number of phenols is 1. The summed E-state index contributed by atoms with van der Waals surface area (Å²) in [5.74, 6) is 1.33. The minimum atomic E-state index is 0.291. The molecule has 0 amide bonds. The van der Waals surface area contributed by atoms with Gasteiger partial charge in [-0.15, -0.1) is 0 Å². The lowest BCUT2D eigenvalue weighted by Gasteiger charge is -2.34. The number of hydrogen-bond acceptors (Lipinski definition) is 9. The van der Waals surface area contributed by atoms with Crippen LogP contribution in [0.5, 0.6) is 11.8 Å². The van der Waals surface area contributed by atoms with Crippen molar-refractivity contribution in [3.8, 4) is 11.8 Å². The maximum atomic E-state index is 10.5. The van der Waals surface area contributed by atoms with Gasteiger partial charge in [0.05, 0.1) is 18.8 Å². The Kier molecular flexibility index (Phi) is 11.8. The van der Waals surface area contributed by atoms with E-state index in [0.29, 0.717) is 24.9 Å². The molecule has 1 aromatic heterocycles. The number of ether oxygens (including phenoxy) is 1. The number of aromatic nitrogens is 2. The second-order valence-electron chi connectivity index (χ2n) is 11.2. The SMILES string of the molecule is CC=O.CCCN(CCC)c1nc(OCCCN2CCN(C)CC2)nc2c1CCN(c1cc(O)cc3ccccc13)C2. The molecule has 0 bridgehead atoms. The van der Waals surface area contributed by atoms with E-state index in [-0.39, 0.29) is 0 Å². The summed E-state index contributed by atoms with van der Waals surface area (Å²) in [7, 11) is 2.19. The molecular weight excluding hydrogens is 528 g/mol. The molecule has 1 N–H and O–H groups in total. The molecule has 1 fully saturated rings. The maximum absolute atomic E-state index is 10.5. The Labute approximate surface area is 251 Å². The number of rotatable bonds is 11. The van der Waals surface area contributed by atoms with Crippen molar-refractivity contribution in [3.05, 3.63) is 47.7 Å². The van der Waals surface area contributed by atoms with Gasteiger partial charge in [0, 0.05) is 75.1 Å². The molecule has 1 saturated heterocycles. The molecule has 9 nitrogen and oxygen atoms in total. The molecule has 0 radical (unpaired) electrons. The average molecular weight is 577 g/mol. The highest BCUT2D eigenvalue weighted by Gasteiger charge is 2.26. The number of fused-ring (bicyclic) bond motifs is 2. The average Bonchev–Trinajstić information content (AvgIpc) is 2.99. The summed E-state index contributed by atoms with van der Waals surface area (Å²) in [6, 6.07) is 12.5. The molecule has 42 heavy (non-hydrogen) atoms. The van der Waals surface area contributed by atoms with E-state index in [2.05, 4.69) is 58.7 Å². The van der Waals surface area contributed by atoms with Gasteiger partial charge >= 0.3 is 6.01 Å². The second-order valence-corrected chi connectivity index (χ2v) is 11.2. The van der Waals surface area contributed by atoms with Gasteiger partial charge in [0.1, 0.15) is 17.9 Å². The summed E-state index contributed by atoms with van der Waals surface area (Å²) in [6.07, 6.45) is 4.72. The molecule has 3 aromatic rings. The van der Waals surface area contributed by atoms with Crippen molar-refractivity contribution in [1.82, 2.24) is 19.8 Å². The van der Waals surface area contributed by atoms with Gasteiger partial charge < -0.3 is 34.2 Å². The van der Waals surface area contributed by atoms with Crippen molar-refractivity contribution >= 4 is 28.6 Å². The lowest BCUT2D eigenvalue weighted by atomic mass is 10.0. The number of carbonyl (C=O) groups excluding carboxylic acids is 1. The number of piperazine rings is 1. The third-order valence-corrected chi connectivity index (χ3v) is 7.92. The van der Waals surface area contributed by atoms with Gasteiger partial charge in [0.25, 0.3) is 0 Å². The lowest BCUT2D eigenvalue weighted by Crippen LogP contribution is -2.44. The van der Waals surface area contributed by atoms with E-state index in [0.717, 1.165) is 112 Å². The predicted octanol–water partition coefficient (Wildman–Crippen LogP) is 4.75. The number of phenolic OH excluding ortho intramolecular Hbond substituents is 1. The zero-order valence-corrected chi connectivity index (χ0v) is 25.9. The van der Waals surface area contributed by atoms with Crippen LogP contribution in [-0.4, -0.2) is 97.2 Å². The number of aldehydes is 1. The fourth-order valence-electron chi connectivity index (χ4n) is 5.84. The molecule has 0 unspecified atom stereocenters. The van der Waals surface area contributed by atoms with Crippen LogP contribution in [0.2, 0.25) is 0 Å². The number of hydrogen-bond donors (Lipinski definition) is 1. The highest BCUT2D eigenvalue weighted by molar-refractivity contribution is 5.95. The van der Waals surface area contributed by atoms with Gasteiger partial charge in [-0.2, -0.15) is 9.97 Å². The minimum Gasteiger partial charge on any atom is -0.508 e.